The maximum Gasteiger partial charge on any atom is 0.115 e. The molecule has 0 saturated carbocycles. The van der Waals surface area contributed by atoms with Gasteiger partial charge < -0.3 is 0 Å². The first-order valence-electron chi connectivity index (χ1n) is 7.53. The molecule has 0 saturated heterocycles. The third-order valence-electron chi connectivity index (χ3n) is 4.82. The van der Waals surface area contributed by atoms with Crippen LogP contribution in [0.15, 0.2) is 66.8 Å². The molecule has 0 amide bonds. The summed E-state index contributed by atoms with van der Waals surface area (Å²) < 4.78 is 0. The minimum atomic E-state index is -1.64. The smallest absolute Gasteiger partial charge is 0.115 e. The van der Waals surface area contributed by atoms with Gasteiger partial charge in [-0.3, -0.25) is 0 Å². The maximum absolute atomic E-state index is 2.55. The predicted molar refractivity (Wildman–Crippen MR) is 100 cm³/mol. The Bertz CT molecular complexity index is 677. The van der Waals surface area contributed by atoms with Gasteiger partial charge in [-0.1, -0.05) is 37.4 Å². The maximum atomic E-state index is 2.55. The average Bonchev–Trinajstić information content (AvgIpc) is 3.07. The molecule has 0 unspecified atom stereocenters. The van der Waals surface area contributed by atoms with Crippen molar-refractivity contribution in [2.45, 2.75) is 26.9 Å². The first kappa shape index (κ1) is 14.0. The highest BCUT2D eigenvalue weighted by atomic mass is 32.2. The van der Waals surface area contributed by atoms with Crippen molar-refractivity contribution in [3.8, 4) is 0 Å². The molecule has 2 heterocycles. The van der Waals surface area contributed by atoms with E-state index in [0.29, 0.717) is 0 Å². The fourth-order valence-electron chi connectivity index (χ4n) is 4.11. The van der Waals surface area contributed by atoms with Crippen molar-refractivity contribution in [3.05, 3.63) is 66.8 Å². The summed E-state index contributed by atoms with van der Waals surface area (Å²) >= 11 is 4.09. The molecule has 0 fully saturated rings. The van der Waals surface area contributed by atoms with Crippen molar-refractivity contribution in [1.82, 2.24) is 0 Å². The van der Waals surface area contributed by atoms with Crippen LogP contribution in [-0.2, 0) is 0 Å². The molecule has 0 atom stereocenters. The van der Waals surface area contributed by atoms with Crippen LogP contribution in [0, 0.1) is 0 Å². The van der Waals surface area contributed by atoms with E-state index in [1.54, 1.807) is 20.2 Å². The Kier molecular flexibility index (Phi) is 3.11. The standard InChI is InChI=1S/C18H20S2Si/c1-11-9-13-5-7-19-15(13)17(11)21(3,4)18-12(2)10-14-6-8-20-16(14)18/h5-6,9-10H,7-8H2,1-4H3. The molecule has 0 nitrogen and oxygen atoms in total. The summed E-state index contributed by atoms with van der Waals surface area (Å²) in [7, 11) is -1.64. The molecule has 2 aliphatic heterocycles. The topological polar surface area (TPSA) is 0 Å². The van der Waals surface area contributed by atoms with Gasteiger partial charge in [0.1, 0.15) is 8.07 Å². The first-order valence-corrected chi connectivity index (χ1v) is 12.5. The van der Waals surface area contributed by atoms with E-state index in [-0.39, 0.29) is 0 Å². The quantitative estimate of drug-likeness (QED) is 0.610. The Morgan fingerprint density at radius 3 is 1.67 bits per heavy atom. The average molecular weight is 329 g/mol. The molecule has 2 aliphatic carbocycles. The Labute approximate surface area is 136 Å². The summed E-state index contributed by atoms with van der Waals surface area (Å²) in [6, 6.07) is 0. The molecule has 0 N–H and O–H groups in total. The van der Waals surface area contributed by atoms with E-state index in [0.717, 1.165) is 11.5 Å². The molecule has 0 aromatic heterocycles. The van der Waals surface area contributed by atoms with Crippen LogP contribution in [0.2, 0.25) is 13.1 Å². The molecule has 4 rings (SSSR count). The van der Waals surface area contributed by atoms with Crippen LogP contribution in [-0.4, -0.2) is 19.6 Å². The summed E-state index contributed by atoms with van der Waals surface area (Å²) in [5.74, 6) is 2.31. The fraction of sp³-hybridized carbons (Fsp3) is 0.333. The second-order valence-corrected chi connectivity index (χ2v) is 12.9. The van der Waals surface area contributed by atoms with Crippen molar-refractivity contribution in [2.75, 3.05) is 11.5 Å². The molecule has 3 heteroatoms. The zero-order valence-corrected chi connectivity index (χ0v) is 15.7. The van der Waals surface area contributed by atoms with Crippen molar-refractivity contribution in [3.63, 3.8) is 0 Å². The molecule has 4 aliphatic rings. The second-order valence-electron chi connectivity index (χ2n) is 6.63. The lowest BCUT2D eigenvalue weighted by Gasteiger charge is -2.30. The Balaban J connectivity index is 1.90. The normalized spacial score (nSPS) is 24.2. The second kappa shape index (κ2) is 4.67. The van der Waals surface area contributed by atoms with Gasteiger partial charge in [-0.05, 0) is 46.5 Å². The van der Waals surface area contributed by atoms with Crippen LogP contribution < -0.4 is 0 Å². The van der Waals surface area contributed by atoms with Gasteiger partial charge in [-0.15, -0.1) is 23.5 Å². The summed E-state index contributed by atoms with van der Waals surface area (Å²) in [6.45, 7) is 9.73. The van der Waals surface area contributed by atoms with E-state index in [1.807, 2.05) is 23.5 Å². The molecule has 0 aromatic rings. The van der Waals surface area contributed by atoms with E-state index in [9.17, 15) is 0 Å². The fourth-order valence-corrected chi connectivity index (χ4v) is 12.0. The van der Waals surface area contributed by atoms with Gasteiger partial charge in [0.05, 0.1) is 0 Å². The molecule has 0 spiro atoms. The summed E-state index contributed by atoms with van der Waals surface area (Å²) in [4.78, 5) is 3.18. The molecule has 21 heavy (non-hydrogen) atoms. The number of fused-ring (bicyclic) bond motifs is 2. The third-order valence-corrected chi connectivity index (χ3v) is 11.1. The first-order chi connectivity index (χ1) is 10.00. The van der Waals surface area contributed by atoms with Crippen molar-refractivity contribution >= 4 is 31.6 Å². The van der Waals surface area contributed by atoms with Crippen molar-refractivity contribution in [1.29, 1.82) is 0 Å². The van der Waals surface area contributed by atoms with Gasteiger partial charge in [0.2, 0.25) is 0 Å². The zero-order valence-electron chi connectivity index (χ0n) is 13.0. The number of hydrogen-bond donors (Lipinski definition) is 0. The minimum absolute atomic E-state index is 1.16. The lowest BCUT2D eigenvalue weighted by molar-refractivity contribution is 1.43. The summed E-state index contributed by atoms with van der Waals surface area (Å²) in [5.41, 5.74) is 6.02. The Morgan fingerprint density at radius 1 is 0.810 bits per heavy atom. The van der Waals surface area contributed by atoms with Crippen LogP contribution in [0.3, 0.4) is 0 Å². The van der Waals surface area contributed by atoms with E-state index >= 15 is 0 Å². The molecule has 0 aromatic carbocycles. The van der Waals surface area contributed by atoms with E-state index < -0.39 is 8.07 Å². The molecule has 0 radical (unpaired) electrons. The highest BCUT2D eigenvalue weighted by Gasteiger charge is 2.42. The van der Waals surface area contributed by atoms with Gasteiger partial charge in [-0.2, -0.15) is 0 Å². The van der Waals surface area contributed by atoms with Gasteiger partial charge in [0, 0.05) is 21.3 Å². The minimum Gasteiger partial charge on any atom is -0.121 e. The van der Waals surface area contributed by atoms with Gasteiger partial charge in [-0.25, -0.2) is 0 Å². The van der Waals surface area contributed by atoms with E-state index in [1.165, 1.54) is 22.3 Å². The van der Waals surface area contributed by atoms with Gasteiger partial charge in [0.25, 0.3) is 0 Å². The lowest BCUT2D eigenvalue weighted by Crippen LogP contribution is -2.34. The van der Waals surface area contributed by atoms with Crippen LogP contribution in [0.4, 0.5) is 0 Å². The largest absolute Gasteiger partial charge is 0.121 e. The molecular weight excluding hydrogens is 308 g/mol. The molecule has 0 bridgehead atoms. The predicted octanol–water partition coefficient (Wildman–Crippen LogP) is 5.55. The van der Waals surface area contributed by atoms with Gasteiger partial charge >= 0.3 is 0 Å². The summed E-state index contributed by atoms with van der Waals surface area (Å²) in [5, 5.41) is 3.39. The molecule has 108 valence electrons. The van der Waals surface area contributed by atoms with Crippen LogP contribution in [0.5, 0.6) is 0 Å². The number of hydrogen-bond acceptors (Lipinski definition) is 2. The Hall–Kier alpha value is -0.643. The number of thioether (sulfide) groups is 2. The van der Waals surface area contributed by atoms with Crippen LogP contribution in [0.1, 0.15) is 13.8 Å². The highest BCUT2D eigenvalue weighted by molar-refractivity contribution is 8.04. The summed E-state index contributed by atoms with van der Waals surface area (Å²) in [6.07, 6.45) is 9.62. The Morgan fingerprint density at radius 2 is 1.24 bits per heavy atom. The number of allylic oxidation sites excluding steroid dienone is 8. The molecular formula is C18H20S2Si. The lowest BCUT2D eigenvalue weighted by atomic mass is 10.3. The van der Waals surface area contributed by atoms with E-state index in [4.69, 9.17) is 0 Å². The van der Waals surface area contributed by atoms with Gasteiger partial charge in [0.15, 0.2) is 0 Å². The van der Waals surface area contributed by atoms with Crippen LogP contribution in [0.25, 0.3) is 0 Å². The highest BCUT2D eigenvalue weighted by Crippen LogP contribution is 2.52. The van der Waals surface area contributed by atoms with E-state index in [2.05, 4.69) is 51.2 Å². The number of rotatable bonds is 2. The monoisotopic (exact) mass is 328 g/mol. The van der Waals surface area contributed by atoms with Crippen molar-refractivity contribution in [2.24, 2.45) is 0 Å². The SMILES string of the molecule is CC1=CC2=CCSC2=C1[Si](C)(C)C1=C2SCC=C2C=C1C. The third kappa shape index (κ3) is 1.90. The zero-order chi connectivity index (χ0) is 14.8. The van der Waals surface area contributed by atoms with Crippen LogP contribution >= 0.6 is 23.5 Å². The van der Waals surface area contributed by atoms with Crippen molar-refractivity contribution < 1.29 is 0 Å².